The highest BCUT2D eigenvalue weighted by Gasteiger charge is 2.18. The number of hydrogen-bond acceptors (Lipinski definition) is 5. The second-order valence-electron chi connectivity index (χ2n) is 5.24. The van der Waals surface area contributed by atoms with Crippen LogP contribution in [0.25, 0.3) is 0 Å². The minimum Gasteiger partial charge on any atom is -0.325 e. The van der Waals surface area contributed by atoms with Crippen LogP contribution in [0.5, 0.6) is 0 Å². The molecule has 1 aliphatic rings. The van der Waals surface area contributed by atoms with Gasteiger partial charge < -0.3 is 10.6 Å². The number of halogens is 1. The second-order valence-corrected chi connectivity index (χ2v) is 6.37. The summed E-state index contributed by atoms with van der Waals surface area (Å²) in [4.78, 5) is 34.7. The van der Waals surface area contributed by atoms with Crippen molar-refractivity contribution in [3.63, 3.8) is 0 Å². The highest BCUT2D eigenvalue weighted by atomic mass is 32.2. The van der Waals surface area contributed by atoms with Gasteiger partial charge in [-0.3, -0.25) is 19.7 Å². The molecule has 128 valence electrons. The topological polar surface area (TPSA) is 101 Å². The molecule has 0 radical (unpaired) electrons. The highest BCUT2D eigenvalue weighted by molar-refractivity contribution is 7.99. The molecule has 0 fully saturated rings. The average molecular weight is 361 g/mol. The zero-order chi connectivity index (χ0) is 18.0. The van der Waals surface area contributed by atoms with E-state index in [1.54, 1.807) is 18.2 Å². The van der Waals surface area contributed by atoms with Crippen LogP contribution in [0.2, 0.25) is 0 Å². The number of thioether (sulfide) groups is 1. The Kier molecular flexibility index (Phi) is 4.66. The standard InChI is InChI=1S/C16H12FN3O4S/c17-11-3-2-10(8-13(11)20(23)24)18-16(22)9-1-4-14-12(7-9)19-15(21)5-6-25-14/h1-4,7-8H,5-6H2,(H,18,22)(H,19,21). The molecule has 0 spiro atoms. The van der Waals surface area contributed by atoms with Crippen LogP contribution in [0.15, 0.2) is 41.3 Å². The van der Waals surface area contributed by atoms with Crippen molar-refractivity contribution < 1.29 is 18.9 Å². The summed E-state index contributed by atoms with van der Waals surface area (Å²) in [6, 6.07) is 7.97. The van der Waals surface area contributed by atoms with Crippen LogP contribution in [-0.2, 0) is 4.79 Å². The molecule has 2 N–H and O–H groups in total. The molecule has 2 amide bonds. The van der Waals surface area contributed by atoms with Crippen LogP contribution in [-0.4, -0.2) is 22.5 Å². The lowest BCUT2D eigenvalue weighted by Gasteiger charge is -2.10. The normalized spacial score (nSPS) is 13.4. The third-order valence-corrected chi connectivity index (χ3v) is 4.58. The summed E-state index contributed by atoms with van der Waals surface area (Å²) in [5.41, 5.74) is 0.202. The van der Waals surface area contributed by atoms with Gasteiger partial charge in [-0.1, -0.05) is 0 Å². The van der Waals surface area contributed by atoms with Gasteiger partial charge in [0, 0.05) is 34.4 Å². The van der Waals surface area contributed by atoms with Gasteiger partial charge in [-0.15, -0.1) is 11.8 Å². The van der Waals surface area contributed by atoms with Crippen molar-refractivity contribution in [3.05, 3.63) is 57.9 Å². The third-order valence-electron chi connectivity index (χ3n) is 3.50. The van der Waals surface area contributed by atoms with Crippen LogP contribution in [0.4, 0.5) is 21.5 Å². The lowest BCUT2D eigenvalue weighted by atomic mass is 10.1. The largest absolute Gasteiger partial charge is 0.325 e. The number of nitrogens with one attached hydrogen (secondary N) is 2. The predicted octanol–water partition coefficient (Wildman–Crippen LogP) is 3.42. The monoisotopic (exact) mass is 361 g/mol. The van der Waals surface area contributed by atoms with E-state index in [2.05, 4.69) is 10.6 Å². The fourth-order valence-electron chi connectivity index (χ4n) is 2.29. The Labute approximate surface area is 145 Å². The van der Waals surface area contributed by atoms with Crippen LogP contribution >= 0.6 is 11.8 Å². The number of nitrogens with zero attached hydrogens (tertiary/aromatic N) is 1. The lowest BCUT2D eigenvalue weighted by Crippen LogP contribution is -2.14. The molecule has 2 aromatic rings. The van der Waals surface area contributed by atoms with Crippen molar-refractivity contribution in [2.45, 2.75) is 11.3 Å². The quantitative estimate of drug-likeness (QED) is 0.644. The average Bonchev–Trinajstić information content (AvgIpc) is 2.76. The number of carbonyl (C=O) groups excluding carboxylic acids is 2. The van der Waals surface area contributed by atoms with Gasteiger partial charge in [0.05, 0.1) is 10.6 Å². The molecule has 3 rings (SSSR count). The lowest BCUT2D eigenvalue weighted by molar-refractivity contribution is -0.387. The van der Waals surface area contributed by atoms with E-state index < -0.39 is 22.3 Å². The Hall–Kier alpha value is -2.94. The van der Waals surface area contributed by atoms with Crippen molar-refractivity contribution in [1.82, 2.24) is 0 Å². The van der Waals surface area contributed by atoms with Gasteiger partial charge in [0.25, 0.3) is 5.91 Å². The highest BCUT2D eigenvalue weighted by Crippen LogP contribution is 2.31. The summed E-state index contributed by atoms with van der Waals surface area (Å²) in [6.07, 6.45) is 0.389. The number of nitro groups is 1. The Morgan fingerprint density at radius 2 is 2.08 bits per heavy atom. The molecule has 0 saturated carbocycles. The Bertz CT molecular complexity index is 888. The Balaban J connectivity index is 1.83. The van der Waals surface area contributed by atoms with Gasteiger partial charge in [0.1, 0.15) is 0 Å². The molecular formula is C16H12FN3O4S. The van der Waals surface area contributed by atoms with Crippen molar-refractivity contribution in [1.29, 1.82) is 0 Å². The summed E-state index contributed by atoms with van der Waals surface area (Å²) in [5.74, 6) is -0.971. The van der Waals surface area contributed by atoms with E-state index in [4.69, 9.17) is 0 Å². The first-order valence-corrected chi connectivity index (χ1v) is 8.24. The van der Waals surface area contributed by atoms with E-state index in [-0.39, 0.29) is 17.2 Å². The minimum atomic E-state index is -0.979. The first-order valence-electron chi connectivity index (χ1n) is 7.26. The number of carbonyl (C=O) groups is 2. The molecule has 2 aromatic carbocycles. The van der Waals surface area contributed by atoms with Gasteiger partial charge in [-0.2, -0.15) is 4.39 Å². The van der Waals surface area contributed by atoms with Gasteiger partial charge >= 0.3 is 5.69 Å². The number of benzene rings is 2. The summed E-state index contributed by atoms with van der Waals surface area (Å²) in [5, 5.41) is 16.0. The van der Waals surface area contributed by atoms with Gasteiger partial charge in [0.15, 0.2) is 0 Å². The van der Waals surface area contributed by atoms with Crippen LogP contribution in [0.3, 0.4) is 0 Å². The number of amides is 2. The maximum Gasteiger partial charge on any atom is 0.306 e. The van der Waals surface area contributed by atoms with Crippen LogP contribution in [0, 0.1) is 15.9 Å². The van der Waals surface area contributed by atoms with E-state index in [1.807, 2.05) is 0 Å². The Morgan fingerprint density at radius 3 is 2.84 bits per heavy atom. The predicted molar refractivity (Wildman–Crippen MR) is 91.4 cm³/mol. The number of nitro benzene ring substituents is 1. The molecular weight excluding hydrogens is 349 g/mol. The molecule has 9 heteroatoms. The van der Waals surface area contributed by atoms with E-state index in [9.17, 15) is 24.1 Å². The summed E-state index contributed by atoms with van der Waals surface area (Å²) in [7, 11) is 0. The van der Waals surface area contributed by atoms with Gasteiger partial charge in [0.2, 0.25) is 11.7 Å². The van der Waals surface area contributed by atoms with Crippen molar-refractivity contribution in [3.8, 4) is 0 Å². The molecule has 0 aliphatic carbocycles. The van der Waals surface area contributed by atoms with Crippen molar-refractivity contribution >= 4 is 40.6 Å². The zero-order valence-electron chi connectivity index (χ0n) is 12.7. The van der Waals surface area contributed by atoms with Crippen LogP contribution < -0.4 is 10.6 Å². The van der Waals surface area contributed by atoms with Crippen LogP contribution in [0.1, 0.15) is 16.8 Å². The Morgan fingerprint density at radius 1 is 1.28 bits per heavy atom. The molecule has 0 aromatic heterocycles. The summed E-state index contributed by atoms with van der Waals surface area (Å²) in [6.45, 7) is 0. The first-order chi connectivity index (χ1) is 11.9. The zero-order valence-corrected chi connectivity index (χ0v) is 13.6. The summed E-state index contributed by atoms with van der Waals surface area (Å²) < 4.78 is 13.3. The number of anilines is 2. The maximum atomic E-state index is 13.3. The van der Waals surface area contributed by atoms with Crippen molar-refractivity contribution in [2.24, 2.45) is 0 Å². The molecule has 25 heavy (non-hydrogen) atoms. The van der Waals surface area contributed by atoms with Crippen molar-refractivity contribution in [2.75, 3.05) is 16.4 Å². The third kappa shape index (κ3) is 3.77. The number of rotatable bonds is 3. The fraction of sp³-hybridized carbons (Fsp3) is 0.125. The number of fused-ring (bicyclic) bond motifs is 1. The molecule has 1 aliphatic heterocycles. The molecule has 7 nitrogen and oxygen atoms in total. The van der Waals surface area contributed by atoms with E-state index in [0.29, 0.717) is 17.9 Å². The fourth-order valence-corrected chi connectivity index (χ4v) is 3.23. The van der Waals surface area contributed by atoms with E-state index in [0.717, 1.165) is 17.0 Å². The maximum absolute atomic E-state index is 13.3. The molecule has 0 saturated heterocycles. The smallest absolute Gasteiger partial charge is 0.306 e. The molecule has 0 bridgehead atoms. The minimum absolute atomic E-state index is 0.103. The van der Waals surface area contributed by atoms with E-state index >= 15 is 0 Å². The summed E-state index contributed by atoms with van der Waals surface area (Å²) >= 11 is 1.51. The molecule has 0 atom stereocenters. The second kappa shape index (κ2) is 6.89. The van der Waals surface area contributed by atoms with Gasteiger partial charge in [-0.25, -0.2) is 0 Å². The van der Waals surface area contributed by atoms with Gasteiger partial charge in [-0.05, 0) is 30.3 Å². The van der Waals surface area contributed by atoms with E-state index in [1.165, 1.54) is 17.8 Å². The molecule has 1 heterocycles. The SMILES string of the molecule is O=C1CCSc2ccc(C(=O)Nc3ccc(F)c([N+](=O)[O-])c3)cc2N1. The number of hydrogen-bond donors (Lipinski definition) is 2. The molecule has 0 unspecified atom stereocenters. The first kappa shape index (κ1) is 16.9.